The van der Waals surface area contributed by atoms with Crippen LogP contribution in [-0.4, -0.2) is 30.7 Å². The lowest BCUT2D eigenvalue weighted by molar-refractivity contribution is -0.113. The average Bonchev–Trinajstić information content (AvgIpc) is 2.74. The van der Waals surface area contributed by atoms with Crippen molar-refractivity contribution in [2.75, 3.05) is 6.61 Å². The van der Waals surface area contributed by atoms with E-state index < -0.39 is 35.1 Å². The minimum Gasteiger partial charge on any atom is -0.444 e. The normalized spacial score (nSPS) is 27.5. The molecule has 0 bridgehead atoms. The first-order chi connectivity index (χ1) is 10.7. The first-order valence-electron chi connectivity index (χ1n) is 7.53. The summed E-state index contributed by atoms with van der Waals surface area (Å²) in [5.74, 6) is -1.22. The molecule has 5 nitrogen and oxygen atoms in total. The van der Waals surface area contributed by atoms with E-state index in [1.54, 1.807) is 45.9 Å². The van der Waals surface area contributed by atoms with Gasteiger partial charge in [0.15, 0.2) is 0 Å². The topological polar surface area (TPSA) is 64.6 Å². The Kier molecular flexibility index (Phi) is 4.75. The van der Waals surface area contributed by atoms with Gasteiger partial charge in [-0.2, -0.15) is 0 Å². The number of carbonyl (C=O) groups excluding carboxylic acids is 2. The SMILES string of the molecule is CC1OCC(NC(=O)OC(C)(C)C)(c2ccccc2F)C1C=O. The Morgan fingerprint density at radius 3 is 2.65 bits per heavy atom. The van der Waals surface area contributed by atoms with Crippen molar-refractivity contribution in [2.45, 2.75) is 44.9 Å². The highest BCUT2D eigenvalue weighted by molar-refractivity contribution is 5.72. The van der Waals surface area contributed by atoms with Gasteiger partial charge in [0.1, 0.15) is 23.2 Å². The van der Waals surface area contributed by atoms with Crippen LogP contribution in [-0.2, 0) is 19.8 Å². The quantitative estimate of drug-likeness (QED) is 0.869. The van der Waals surface area contributed by atoms with Crippen LogP contribution in [0.5, 0.6) is 0 Å². The van der Waals surface area contributed by atoms with E-state index in [2.05, 4.69) is 5.32 Å². The van der Waals surface area contributed by atoms with Crippen molar-refractivity contribution in [3.05, 3.63) is 35.6 Å². The second-order valence-corrected chi connectivity index (χ2v) is 6.76. The Bertz CT molecular complexity index is 599. The zero-order valence-electron chi connectivity index (χ0n) is 13.8. The Balaban J connectivity index is 2.43. The number of nitrogens with one attached hydrogen (secondary N) is 1. The van der Waals surface area contributed by atoms with Crippen molar-refractivity contribution in [1.82, 2.24) is 5.32 Å². The number of rotatable bonds is 3. The van der Waals surface area contributed by atoms with Crippen LogP contribution in [0.4, 0.5) is 9.18 Å². The van der Waals surface area contributed by atoms with E-state index in [1.165, 1.54) is 6.07 Å². The van der Waals surface area contributed by atoms with Gasteiger partial charge in [-0.1, -0.05) is 18.2 Å². The summed E-state index contributed by atoms with van der Waals surface area (Å²) in [4.78, 5) is 23.8. The van der Waals surface area contributed by atoms with Crippen LogP contribution < -0.4 is 5.32 Å². The van der Waals surface area contributed by atoms with Crippen LogP contribution in [0.15, 0.2) is 24.3 Å². The molecule has 6 heteroatoms. The number of benzene rings is 1. The number of hydrogen-bond acceptors (Lipinski definition) is 4. The van der Waals surface area contributed by atoms with Crippen molar-refractivity contribution in [3.8, 4) is 0 Å². The number of ether oxygens (including phenoxy) is 2. The molecule has 1 saturated heterocycles. The molecule has 1 aliphatic rings. The third kappa shape index (κ3) is 3.52. The number of aldehydes is 1. The third-order valence-corrected chi connectivity index (χ3v) is 3.87. The summed E-state index contributed by atoms with van der Waals surface area (Å²) < 4.78 is 25.2. The molecule has 126 valence electrons. The molecule has 0 aromatic heterocycles. The number of amides is 1. The first-order valence-corrected chi connectivity index (χ1v) is 7.53. The van der Waals surface area contributed by atoms with Gasteiger partial charge in [-0.25, -0.2) is 9.18 Å². The molecular weight excluding hydrogens is 301 g/mol. The average molecular weight is 323 g/mol. The molecule has 2 rings (SSSR count). The minimum absolute atomic E-state index is 0.00223. The Hall–Kier alpha value is -1.95. The monoisotopic (exact) mass is 323 g/mol. The van der Waals surface area contributed by atoms with Crippen molar-refractivity contribution >= 4 is 12.4 Å². The fourth-order valence-electron chi connectivity index (χ4n) is 2.84. The van der Waals surface area contributed by atoms with E-state index in [9.17, 15) is 14.0 Å². The lowest BCUT2D eigenvalue weighted by Gasteiger charge is -2.34. The molecule has 23 heavy (non-hydrogen) atoms. The summed E-state index contributed by atoms with van der Waals surface area (Å²) in [6.45, 7) is 6.91. The summed E-state index contributed by atoms with van der Waals surface area (Å²) in [6.07, 6.45) is -0.464. The molecule has 3 atom stereocenters. The van der Waals surface area contributed by atoms with Gasteiger partial charge in [-0.05, 0) is 33.8 Å². The number of hydrogen-bond donors (Lipinski definition) is 1. The first kappa shape index (κ1) is 17.4. The zero-order valence-corrected chi connectivity index (χ0v) is 13.8. The standard InChI is InChI=1S/C17H22FNO4/c1-11-13(9-20)17(10-22-11,12-7-5-6-8-14(12)18)19-15(21)23-16(2,3)4/h5-9,11,13H,10H2,1-4H3,(H,19,21). The summed E-state index contributed by atoms with van der Waals surface area (Å²) in [7, 11) is 0. The Labute approximate surface area is 135 Å². The smallest absolute Gasteiger partial charge is 0.408 e. The van der Waals surface area contributed by atoms with Crippen molar-refractivity contribution in [2.24, 2.45) is 5.92 Å². The van der Waals surface area contributed by atoms with E-state index in [1.807, 2.05) is 0 Å². The largest absolute Gasteiger partial charge is 0.444 e. The summed E-state index contributed by atoms with van der Waals surface area (Å²) in [5.41, 5.74) is -1.77. The van der Waals surface area contributed by atoms with Crippen molar-refractivity contribution < 1.29 is 23.5 Å². The maximum Gasteiger partial charge on any atom is 0.408 e. The summed E-state index contributed by atoms with van der Waals surface area (Å²) in [5, 5.41) is 2.68. The third-order valence-electron chi connectivity index (χ3n) is 3.87. The van der Waals surface area contributed by atoms with Crippen molar-refractivity contribution in [3.63, 3.8) is 0 Å². The van der Waals surface area contributed by atoms with E-state index >= 15 is 0 Å². The molecule has 1 aromatic rings. The molecular formula is C17H22FNO4. The molecule has 0 spiro atoms. The molecule has 0 saturated carbocycles. The molecule has 1 aromatic carbocycles. The highest BCUT2D eigenvalue weighted by atomic mass is 19.1. The summed E-state index contributed by atoms with van der Waals surface area (Å²) in [6, 6.07) is 6.04. The molecule has 0 aliphatic carbocycles. The second kappa shape index (κ2) is 6.28. The van der Waals surface area contributed by atoms with Crippen LogP contribution in [0.3, 0.4) is 0 Å². The Morgan fingerprint density at radius 1 is 1.43 bits per heavy atom. The summed E-state index contributed by atoms with van der Waals surface area (Å²) >= 11 is 0. The molecule has 1 amide bonds. The molecule has 3 unspecified atom stereocenters. The predicted octanol–water partition coefficient (Wildman–Crippen LogP) is 2.78. The van der Waals surface area contributed by atoms with Gasteiger partial charge < -0.3 is 19.6 Å². The molecule has 1 aliphatic heterocycles. The van der Waals surface area contributed by atoms with Crippen LogP contribution in [0, 0.1) is 11.7 Å². The lowest BCUT2D eigenvalue weighted by atomic mass is 9.78. The van der Waals surface area contributed by atoms with Gasteiger partial charge in [-0.15, -0.1) is 0 Å². The van der Waals surface area contributed by atoms with Crippen LogP contribution >= 0.6 is 0 Å². The highest BCUT2D eigenvalue weighted by Crippen LogP contribution is 2.39. The number of halogens is 1. The van der Waals surface area contributed by atoms with Gasteiger partial charge in [0, 0.05) is 5.56 Å². The van der Waals surface area contributed by atoms with Gasteiger partial charge in [0.2, 0.25) is 0 Å². The zero-order chi connectivity index (χ0) is 17.3. The molecule has 1 fully saturated rings. The predicted molar refractivity (Wildman–Crippen MR) is 82.4 cm³/mol. The second-order valence-electron chi connectivity index (χ2n) is 6.76. The molecule has 0 radical (unpaired) electrons. The van der Waals surface area contributed by atoms with E-state index in [0.29, 0.717) is 6.29 Å². The molecule has 1 N–H and O–H groups in total. The number of alkyl carbamates (subject to hydrolysis) is 1. The Morgan fingerprint density at radius 2 is 2.09 bits per heavy atom. The molecule has 1 heterocycles. The fourth-order valence-corrected chi connectivity index (χ4v) is 2.84. The van der Waals surface area contributed by atoms with Gasteiger partial charge in [-0.3, -0.25) is 0 Å². The van der Waals surface area contributed by atoms with Gasteiger partial charge in [0.05, 0.1) is 18.6 Å². The maximum absolute atomic E-state index is 14.3. The maximum atomic E-state index is 14.3. The van der Waals surface area contributed by atoms with Gasteiger partial charge >= 0.3 is 6.09 Å². The van der Waals surface area contributed by atoms with E-state index in [0.717, 1.165) is 0 Å². The fraction of sp³-hybridized carbons (Fsp3) is 0.529. The lowest BCUT2D eigenvalue weighted by Crippen LogP contribution is -2.54. The van der Waals surface area contributed by atoms with E-state index in [-0.39, 0.29) is 12.2 Å². The van der Waals surface area contributed by atoms with Gasteiger partial charge in [0.25, 0.3) is 0 Å². The van der Waals surface area contributed by atoms with E-state index in [4.69, 9.17) is 9.47 Å². The van der Waals surface area contributed by atoms with Crippen LogP contribution in [0.2, 0.25) is 0 Å². The van der Waals surface area contributed by atoms with Crippen molar-refractivity contribution in [1.29, 1.82) is 0 Å². The number of carbonyl (C=O) groups is 2. The van der Waals surface area contributed by atoms with Crippen LogP contribution in [0.25, 0.3) is 0 Å². The minimum atomic E-state index is -1.28. The highest BCUT2D eigenvalue weighted by Gasteiger charge is 2.52. The van der Waals surface area contributed by atoms with Crippen LogP contribution in [0.1, 0.15) is 33.3 Å².